The van der Waals surface area contributed by atoms with Crippen LogP contribution in [0, 0.1) is 20.8 Å². The second-order valence-corrected chi connectivity index (χ2v) is 7.31. The van der Waals surface area contributed by atoms with Crippen molar-refractivity contribution in [2.45, 2.75) is 33.8 Å². The van der Waals surface area contributed by atoms with Crippen molar-refractivity contribution in [2.24, 2.45) is 0 Å². The second-order valence-electron chi connectivity index (χ2n) is 7.31. The molecule has 1 aliphatic rings. The largest absolute Gasteiger partial charge is 0.481 e. The molecule has 1 aromatic carbocycles. The van der Waals surface area contributed by atoms with E-state index in [4.69, 9.17) is 14.2 Å². The first-order valence-corrected chi connectivity index (χ1v) is 10.3. The first-order chi connectivity index (χ1) is 14.4. The SMILES string of the molecule is Cc1nc(OCCNC(=O)C(C)Oc2cccc(C)c2C)cc(N2CCOCC2)n1. The number of carbonyl (C=O) groups excluding carboxylic acids is 1. The Kier molecular flexibility index (Phi) is 7.46. The fraction of sp³-hybridized carbons (Fsp3) is 0.500. The van der Waals surface area contributed by atoms with Crippen LogP contribution < -0.4 is 19.7 Å². The molecule has 1 aromatic heterocycles. The molecule has 1 atom stereocenters. The summed E-state index contributed by atoms with van der Waals surface area (Å²) in [6, 6.07) is 7.64. The van der Waals surface area contributed by atoms with Crippen LogP contribution in [-0.2, 0) is 9.53 Å². The summed E-state index contributed by atoms with van der Waals surface area (Å²) in [5.41, 5.74) is 2.17. The zero-order chi connectivity index (χ0) is 21.5. The maximum atomic E-state index is 12.3. The Hall–Kier alpha value is -2.87. The lowest BCUT2D eigenvalue weighted by atomic mass is 10.1. The van der Waals surface area contributed by atoms with E-state index in [0.717, 1.165) is 35.8 Å². The van der Waals surface area contributed by atoms with Gasteiger partial charge in [0.05, 0.1) is 19.8 Å². The Labute approximate surface area is 177 Å². The van der Waals surface area contributed by atoms with Crippen LogP contribution in [0.25, 0.3) is 0 Å². The van der Waals surface area contributed by atoms with E-state index in [1.54, 1.807) is 6.92 Å². The molecule has 162 valence electrons. The van der Waals surface area contributed by atoms with E-state index in [1.807, 2.05) is 45.0 Å². The van der Waals surface area contributed by atoms with E-state index in [1.165, 1.54) is 0 Å². The van der Waals surface area contributed by atoms with Gasteiger partial charge in [-0.2, -0.15) is 4.98 Å². The van der Waals surface area contributed by atoms with Crippen molar-refractivity contribution >= 4 is 11.7 Å². The van der Waals surface area contributed by atoms with E-state index in [-0.39, 0.29) is 5.91 Å². The molecule has 1 aliphatic heterocycles. The third-order valence-corrected chi connectivity index (χ3v) is 5.02. The van der Waals surface area contributed by atoms with Gasteiger partial charge in [0.15, 0.2) is 6.10 Å². The maximum Gasteiger partial charge on any atom is 0.260 e. The highest BCUT2D eigenvalue weighted by molar-refractivity contribution is 5.80. The lowest BCUT2D eigenvalue weighted by molar-refractivity contribution is -0.127. The van der Waals surface area contributed by atoms with Gasteiger partial charge in [0.2, 0.25) is 5.88 Å². The number of rotatable bonds is 8. The van der Waals surface area contributed by atoms with Crippen LogP contribution in [0.5, 0.6) is 11.6 Å². The predicted molar refractivity (Wildman–Crippen MR) is 114 cm³/mol. The van der Waals surface area contributed by atoms with E-state index in [0.29, 0.717) is 38.1 Å². The quantitative estimate of drug-likeness (QED) is 0.663. The van der Waals surface area contributed by atoms with Crippen LogP contribution in [0.1, 0.15) is 23.9 Å². The highest BCUT2D eigenvalue weighted by Gasteiger charge is 2.17. The molecule has 1 unspecified atom stereocenters. The van der Waals surface area contributed by atoms with Crippen LogP contribution in [0.4, 0.5) is 5.82 Å². The summed E-state index contributed by atoms with van der Waals surface area (Å²) in [6.07, 6.45) is -0.597. The van der Waals surface area contributed by atoms with Crippen molar-refractivity contribution in [3.8, 4) is 11.6 Å². The predicted octanol–water partition coefficient (Wildman–Crippen LogP) is 2.20. The summed E-state index contributed by atoms with van der Waals surface area (Å²) in [7, 11) is 0. The van der Waals surface area contributed by atoms with Gasteiger partial charge >= 0.3 is 0 Å². The highest BCUT2D eigenvalue weighted by atomic mass is 16.5. The molecule has 0 spiro atoms. The summed E-state index contributed by atoms with van der Waals surface area (Å²) < 4.78 is 16.9. The van der Waals surface area contributed by atoms with Gasteiger partial charge in [-0.1, -0.05) is 12.1 Å². The smallest absolute Gasteiger partial charge is 0.260 e. The topological polar surface area (TPSA) is 85.8 Å². The van der Waals surface area contributed by atoms with Gasteiger partial charge in [0.1, 0.15) is 24.0 Å². The van der Waals surface area contributed by atoms with Crippen LogP contribution in [-0.4, -0.2) is 61.4 Å². The minimum Gasteiger partial charge on any atom is -0.481 e. The molecule has 8 heteroatoms. The van der Waals surface area contributed by atoms with E-state index in [9.17, 15) is 4.79 Å². The van der Waals surface area contributed by atoms with Gasteiger partial charge in [0, 0.05) is 19.2 Å². The van der Waals surface area contributed by atoms with Crippen molar-refractivity contribution in [3.05, 3.63) is 41.2 Å². The van der Waals surface area contributed by atoms with Gasteiger partial charge in [-0.25, -0.2) is 4.98 Å². The van der Waals surface area contributed by atoms with Gasteiger partial charge in [-0.3, -0.25) is 4.79 Å². The van der Waals surface area contributed by atoms with Crippen molar-refractivity contribution in [2.75, 3.05) is 44.4 Å². The third-order valence-electron chi connectivity index (χ3n) is 5.02. The number of morpholine rings is 1. The number of benzene rings is 1. The first-order valence-electron chi connectivity index (χ1n) is 10.3. The van der Waals surface area contributed by atoms with E-state index < -0.39 is 6.10 Å². The molecular formula is C22H30N4O4. The number of ether oxygens (including phenoxy) is 3. The number of amides is 1. The number of carbonyl (C=O) groups is 1. The number of hydrogen-bond acceptors (Lipinski definition) is 7. The summed E-state index contributed by atoms with van der Waals surface area (Å²) in [5, 5.41) is 2.84. The molecule has 1 fully saturated rings. The van der Waals surface area contributed by atoms with Gasteiger partial charge in [-0.05, 0) is 44.9 Å². The fourth-order valence-corrected chi connectivity index (χ4v) is 3.12. The number of nitrogens with one attached hydrogen (secondary N) is 1. The molecule has 0 saturated carbocycles. The molecule has 0 radical (unpaired) electrons. The van der Waals surface area contributed by atoms with Gasteiger partial charge < -0.3 is 24.4 Å². The zero-order valence-electron chi connectivity index (χ0n) is 18.1. The number of aromatic nitrogens is 2. The molecule has 2 heterocycles. The Morgan fingerprint density at radius 2 is 2.00 bits per heavy atom. The lowest BCUT2D eigenvalue weighted by Crippen LogP contribution is -2.38. The van der Waals surface area contributed by atoms with E-state index in [2.05, 4.69) is 20.2 Å². The number of aryl methyl sites for hydroxylation is 2. The Morgan fingerprint density at radius 1 is 1.23 bits per heavy atom. The van der Waals surface area contributed by atoms with Crippen LogP contribution in [0.3, 0.4) is 0 Å². The second kappa shape index (κ2) is 10.2. The summed E-state index contributed by atoms with van der Waals surface area (Å²) in [6.45, 7) is 11.2. The molecule has 1 saturated heterocycles. The van der Waals surface area contributed by atoms with Crippen molar-refractivity contribution in [3.63, 3.8) is 0 Å². The Morgan fingerprint density at radius 3 is 2.77 bits per heavy atom. The standard InChI is InChI=1S/C22H30N4O4/c1-15-6-5-7-19(16(15)2)30-17(3)22(27)23-8-11-29-21-14-20(24-18(4)25-21)26-9-12-28-13-10-26/h5-7,14,17H,8-13H2,1-4H3,(H,23,27). The molecule has 0 bridgehead atoms. The average Bonchev–Trinajstić information content (AvgIpc) is 2.74. The van der Waals surface area contributed by atoms with Crippen molar-refractivity contribution < 1.29 is 19.0 Å². The highest BCUT2D eigenvalue weighted by Crippen LogP contribution is 2.22. The Balaban J connectivity index is 1.46. The third kappa shape index (κ3) is 5.82. The minimum atomic E-state index is -0.597. The van der Waals surface area contributed by atoms with Crippen LogP contribution >= 0.6 is 0 Å². The van der Waals surface area contributed by atoms with Crippen LogP contribution in [0.2, 0.25) is 0 Å². The minimum absolute atomic E-state index is 0.188. The normalized spacial score (nSPS) is 14.9. The summed E-state index contributed by atoms with van der Waals surface area (Å²) >= 11 is 0. The summed E-state index contributed by atoms with van der Waals surface area (Å²) in [5.74, 6) is 2.51. The lowest BCUT2D eigenvalue weighted by Gasteiger charge is -2.28. The molecule has 3 rings (SSSR count). The molecule has 0 aliphatic carbocycles. The van der Waals surface area contributed by atoms with Gasteiger partial charge in [0.25, 0.3) is 5.91 Å². The number of nitrogens with zero attached hydrogens (tertiary/aromatic N) is 3. The maximum absolute atomic E-state index is 12.3. The van der Waals surface area contributed by atoms with Crippen molar-refractivity contribution in [1.82, 2.24) is 15.3 Å². The monoisotopic (exact) mass is 414 g/mol. The van der Waals surface area contributed by atoms with Gasteiger partial charge in [-0.15, -0.1) is 0 Å². The molecule has 1 N–H and O–H groups in total. The first kappa shape index (κ1) is 21.8. The Bertz CT molecular complexity index is 868. The average molecular weight is 415 g/mol. The summed E-state index contributed by atoms with van der Waals surface area (Å²) in [4.78, 5) is 23.3. The van der Waals surface area contributed by atoms with Crippen molar-refractivity contribution in [1.29, 1.82) is 0 Å². The number of anilines is 1. The zero-order valence-corrected chi connectivity index (χ0v) is 18.1. The van der Waals surface area contributed by atoms with E-state index >= 15 is 0 Å². The molecule has 2 aromatic rings. The molecule has 1 amide bonds. The number of hydrogen-bond donors (Lipinski definition) is 1. The van der Waals surface area contributed by atoms with Crippen LogP contribution in [0.15, 0.2) is 24.3 Å². The fourth-order valence-electron chi connectivity index (χ4n) is 3.12. The molecular weight excluding hydrogens is 384 g/mol. The molecule has 8 nitrogen and oxygen atoms in total. The molecule has 30 heavy (non-hydrogen) atoms.